The summed E-state index contributed by atoms with van der Waals surface area (Å²) in [4.78, 5) is 24.7. The fraction of sp³-hybridized carbons (Fsp3) is 0.652. The molecule has 1 amide bonds. The molecule has 0 unspecified atom stereocenters. The van der Waals surface area contributed by atoms with E-state index in [0.717, 1.165) is 0 Å². The molecule has 218 valence electrons. The van der Waals surface area contributed by atoms with Crippen LogP contribution in [0.4, 0.5) is 4.79 Å². The monoisotopic (exact) mass is 583 g/mol. The van der Waals surface area contributed by atoms with E-state index < -0.39 is 39.4 Å². The van der Waals surface area contributed by atoms with Crippen LogP contribution in [-0.2, 0) is 47.9 Å². The van der Waals surface area contributed by atoms with E-state index in [4.69, 9.17) is 36.6 Å². The second-order valence-corrected chi connectivity index (χ2v) is 11.6. The van der Waals surface area contributed by atoms with Gasteiger partial charge in [-0.25, -0.2) is 18.7 Å². The van der Waals surface area contributed by atoms with Crippen LogP contribution in [0.25, 0.3) is 0 Å². The third-order valence-corrected chi connectivity index (χ3v) is 7.33. The number of carbonyl (C=O) groups is 2. The highest BCUT2D eigenvalue weighted by Crippen LogP contribution is 2.55. The Balaban J connectivity index is 3.45. The molecule has 1 aromatic carbocycles. The molecule has 0 aliphatic heterocycles. The zero-order valence-corrected chi connectivity index (χ0v) is 24.9. The molecule has 0 fully saturated rings. The predicted molar refractivity (Wildman–Crippen MR) is 138 cm³/mol. The highest BCUT2D eigenvalue weighted by atomic mass is 31.2. The van der Waals surface area contributed by atoms with Gasteiger partial charge in [-0.05, 0) is 66.2 Å². The van der Waals surface area contributed by atoms with Crippen LogP contribution in [0.3, 0.4) is 0 Å². The number of benzene rings is 1. The molecule has 0 aromatic heterocycles. The van der Waals surface area contributed by atoms with Crippen LogP contribution in [0.5, 0.6) is 11.5 Å². The quantitative estimate of drug-likeness (QED) is 0.195. The van der Waals surface area contributed by atoms with Gasteiger partial charge < -0.3 is 23.8 Å². The average Bonchev–Trinajstić information content (AvgIpc) is 2.79. The maximum Gasteiger partial charge on any atom is 0.530 e. The van der Waals surface area contributed by atoms with E-state index in [0.29, 0.717) is 5.56 Å². The van der Waals surface area contributed by atoms with Crippen molar-refractivity contribution in [1.82, 2.24) is 5.32 Å². The first-order valence-electron chi connectivity index (χ1n) is 12.1. The number of amides is 1. The van der Waals surface area contributed by atoms with Gasteiger partial charge in [-0.1, -0.05) is 6.07 Å². The van der Waals surface area contributed by atoms with Crippen LogP contribution in [0.2, 0.25) is 0 Å². The number of rotatable bonds is 16. The second kappa shape index (κ2) is 15.5. The van der Waals surface area contributed by atoms with E-state index in [9.17, 15) is 18.7 Å². The van der Waals surface area contributed by atoms with Crippen molar-refractivity contribution in [1.29, 1.82) is 0 Å². The van der Waals surface area contributed by atoms with Crippen LogP contribution in [0.1, 0.15) is 54.0 Å². The molecule has 0 radical (unpaired) electrons. The Labute approximate surface area is 224 Å². The number of nitrogens with one attached hydrogen (secondary N) is 1. The van der Waals surface area contributed by atoms with Crippen LogP contribution in [0.15, 0.2) is 18.2 Å². The number of hydrogen-bond acceptors (Lipinski definition) is 12. The summed E-state index contributed by atoms with van der Waals surface area (Å²) in [5.41, 5.74) is -0.375. The molecule has 1 rings (SSSR count). The van der Waals surface area contributed by atoms with Gasteiger partial charge in [0.2, 0.25) is 0 Å². The molecule has 0 aliphatic rings. The van der Waals surface area contributed by atoms with Crippen molar-refractivity contribution in [3.8, 4) is 11.5 Å². The maximum atomic E-state index is 13.1. The summed E-state index contributed by atoms with van der Waals surface area (Å²) < 4.78 is 68.1. The highest BCUT2D eigenvalue weighted by molar-refractivity contribution is 7.49. The van der Waals surface area contributed by atoms with Crippen molar-refractivity contribution in [3.05, 3.63) is 23.8 Å². The van der Waals surface area contributed by atoms with Crippen molar-refractivity contribution in [3.63, 3.8) is 0 Å². The van der Waals surface area contributed by atoms with Crippen LogP contribution in [0, 0.1) is 0 Å². The predicted octanol–water partition coefficient (Wildman–Crippen LogP) is 5.42. The van der Waals surface area contributed by atoms with Gasteiger partial charge in [-0.15, -0.1) is 0 Å². The summed E-state index contributed by atoms with van der Waals surface area (Å²) >= 11 is 0. The molecule has 15 heteroatoms. The van der Waals surface area contributed by atoms with E-state index in [2.05, 4.69) is 5.32 Å². The van der Waals surface area contributed by atoms with Crippen molar-refractivity contribution in [2.45, 2.75) is 66.5 Å². The molecule has 13 nitrogen and oxygen atoms in total. The van der Waals surface area contributed by atoms with Gasteiger partial charge in [-0.2, -0.15) is 0 Å². The van der Waals surface area contributed by atoms with E-state index >= 15 is 0 Å². The van der Waals surface area contributed by atoms with E-state index in [1.165, 1.54) is 25.3 Å². The standard InChI is InChI=1S/C23H39NO12P2/c1-9-30-37(27,31-10-2)35-19-14-13-17(16-20(19)36-38(28,32-11-3)33-12-4)15-18(21(25)29-8)24-22(26)34-23(5,6)7/h13-14,16,18H,9-12,15H2,1-8H3,(H,24,26)/t18-/m0/s1. The number of phosphoric acid groups is 2. The van der Waals surface area contributed by atoms with Gasteiger partial charge in [-0.3, -0.25) is 18.1 Å². The fourth-order valence-electron chi connectivity index (χ4n) is 2.90. The lowest BCUT2D eigenvalue weighted by molar-refractivity contribution is -0.143. The number of carbonyl (C=O) groups excluding carboxylic acids is 2. The molecule has 0 heterocycles. The zero-order chi connectivity index (χ0) is 29.0. The van der Waals surface area contributed by atoms with Gasteiger partial charge in [0, 0.05) is 6.42 Å². The minimum absolute atomic E-state index is 0.00771. The van der Waals surface area contributed by atoms with Crippen LogP contribution >= 0.6 is 15.6 Å². The highest BCUT2D eigenvalue weighted by Gasteiger charge is 2.34. The van der Waals surface area contributed by atoms with E-state index in [1.807, 2.05) is 0 Å². The molecule has 38 heavy (non-hydrogen) atoms. The molecule has 1 aromatic rings. The second-order valence-electron chi connectivity index (χ2n) is 8.46. The smallest absolute Gasteiger partial charge is 0.467 e. The van der Waals surface area contributed by atoms with E-state index in [1.54, 1.807) is 48.5 Å². The summed E-state index contributed by atoms with van der Waals surface area (Å²) in [7, 11) is -7.01. The Morgan fingerprint density at radius 2 is 1.32 bits per heavy atom. The first kappa shape index (κ1) is 33.9. The topological polar surface area (TPSA) is 154 Å². The molecule has 1 N–H and O–H groups in total. The zero-order valence-electron chi connectivity index (χ0n) is 23.1. The molecular formula is C23H39NO12P2. The maximum absolute atomic E-state index is 13.1. The lowest BCUT2D eigenvalue weighted by atomic mass is 10.1. The Morgan fingerprint density at radius 1 is 0.842 bits per heavy atom. The average molecular weight is 584 g/mol. The van der Waals surface area contributed by atoms with Crippen LogP contribution in [-0.4, -0.2) is 57.2 Å². The minimum Gasteiger partial charge on any atom is -0.467 e. The van der Waals surface area contributed by atoms with Crippen molar-refractivity contribution in [2.24, 2.45) is 0 Å². The summed E-state index contributed by atoms with van der Waals surface area (Å²) in [5, 5.41) is 2.47. The normalized spacial score (nSPS) is 12.9. The minimum atomic E-state index is -4.12. The van der Waals surface area contributed by atoms with Crippen LogP contribution < -0.4 is 14.4 Å². The summed E-state index contributed by atoms with van der Waals surface area (Å²) in [6.07, 6.45) is -0.902. The summed E-state index contributed by atoms with van der Waals surface area (Å²) in [5.74, 6) is -1.06. The number of hydrogen-bond donors (Lipinski definition) is 1. The number of alkyl carbamates (subject to hydrolysis) is 1. The molecule has 0 bridgehead atoms. The first-order chi connectivity index (χ1) is 17.7. The Morgan fingerprint density at radius 3 is 1.74 bits per heavy atom. The third kappa shape index (κ3) is 11.7. The lowest BCUT2D eigenvalue weighted by Gasteiger charge is -2.24. The van der Waals surface area contributed by atoms with E-state index in [-0.39, 0.29) is 44.3 Å². The first-order valence-corrected chi connectivity index (χ1v) is 15.0. The van der Waals surface area contributed by atoms with Gasteiger partial charge in [0.15, 0.2) is 11.5 Å². The van der Waals surface area contributed by atoms with Gasteiger partial charge in [0.1, 0.15) is 11.6 Å². The number of methoxy groups -OCH3 is 1. The van der Waals surface area contributed by atoms with Gasteiger partial charge in [0.05, 0.1) is 33.5 Å². The number of esters is 1. The Hall–Kier alpha value is -2.14. The third-order valence-electron chi connectivity index (χ3n) is 4.19. The van der Waals surface area contributed by atoms with Gasteiger partial charge >= 0.3 is 27.7 Å². The van der Waals surface area contributed by atoms with Gasteiger partial charge in [0.25, 0.3) is 0 Å². The molecule has 0 saturated carbocycles. The SMILES string of the molecule is CCOP(=O)(OCC)Oc1ccc(C[C@H](NC(=O)OC(C)(C)C)C(=O)OC)cc1OP(=O)(OCC)OCC. The molecular weight excluding hydrogens is 544 g/mol. The largest absolute Gasteiger partial charge is 0.530 e. The lowest BCUT2D eigenvalue weighted by Crippen LogP contribution is -2.45. The number of phosphoric ester groups is 2. The molecule has 0 spiro atoms. The summed E-state index contributed by atoms with van der Waals surface area (Å²) in [6, 6.07) is 3.11. The van der Waals surface area contributed by atoms with Crippen molar-refractivity contribution < 1.29 is 55.3 Å². The fourth-order valence-corrected chi connectivity index (χ4v) is 5.30. The summed E-state index contributed by atoms with van der Waals surface area (Å²) in [6.45, 7) is 11.5. The Bertz CT molecular complexity index is 991. The van der Waals surface area contributed by atoms with Crippen molar-refractivity contribution >= 4 is 27.7 Å². The molecule has 1 atom stereocenters. The van der Waals surface area contributed by atoms with Crippen molar-refractivity contribution in [2.75, 3.05) is 33.5 Å². The molecule has 0 aliphatic carbocycles. The number of ether oxygens (including phenoxy) is 2. The Kier molecular flexibility index (Phi) is 13.8. The molecule has 0 saturated heterocycles.